The van der Waals surface area contributed by atoms with E-state index in [4.69, 9.17) is 16.3 Å². The van der Waals surface area contributed by atoms with Crippen LogP contribution in [0.4, 0.5) is 15.8 Å². The van der Waals surface area contributed by atoms with Crippen LogP contribution in [-0.2, 0) is 9.59 Å². The number of carbonyl (C=O) groups is 2. The van der Waals surface area contributed by atoms with Gasteiger partial charge in [-0.2, -0.15) is 0 Å². The molecule has 1 atom stereocenters. The van der Waals surface area contributed by atoms with Gasteiger partial charge < -0.3 is 15.4 Å². The molecular formula is C17H16ClFN2O3. The first-order chi connectivity index (χ1) is 11.3. The lowest BCUT2D eigenvalue weighted by atomic mass is 10.2. The summed E-state index contributed by atoms with van der Waals surface area (Å²) in [6.07, 6.45) is -0.831. The highest BCUT2D eigenvalue weighted by Crippen LogP contribution is 2.26. The molecule has 24 heavy (non-hydrogen) atoms. The van der Waals surface area contributed by atoms with Crippen LogP contribution in [0.15, 0.2) is 42.5 Å². The Hall–Kier alpha value is -2.60. The van der Waals surface area contributed by atoms with Crippen molar-refractivity contribution < 1.29 is 18.7 Å². The molecule has 0 fully saturated rings. The van der Waals surface area contributed by atoms with Gasteiger partial charge >= 0.3 is 0 Å². The number of amides is 2. The number of nitrogens with one attached hydrogen (secondary N) is 2. The molecule has 7 heteroatoms. The maximum Gasteiger partial charge on any atom is 0.265 e. The predicted molar refractivity (Wildman–Crippen MR) is 90.9 cm³/mol. The van der Waals surface area contributed by atoms with E-state index in [0.29, 0.717) is 11.4 Å². The van der Waals surface area contributed by atoms with Crippen LogP contribution in [0, 0.1) is 5.82 Å². The Morgan fingerprint density at radius 2 is 1.67 bits per heavy atom. The third-order valence-corrected chi connectivity index (χ3v) is 3.34. The number of rotatable bonds is 5. The highest BCUT2D eigenvalue weighted by atomic mass is 35.5. The Morgan fingerprint density at radius 3 is 2.21 bits per heavy atom. The van der Waals surface area contributed by atoms with Crippen LogP contribution < -0.4 is 15.4 Å². The van der Waals surface area contributed by atoms with Crippen molar-refractivity contribution in [3.63, 3.8) is 0 Å². The van der Waals surface area contributed by atoms with Crippen molar-refractivity contribution in [2.75, 3.05) is 10.6 Å². The topological polar surface area (TPSA) is 67.4 Å². The number of hydrogen-bond donors (Lipinski definition) is 2. The molecule has 0 heterocycles. The second-order valence-electron chi connectivity index (χ2n) is 5.08. The molecule has 0 bridgehead atoms. The molecule has 0 aliphatic rings. The second kappa shape index (κ2) is 7.79. The first-order valence-corrected chi connectivity index (χ1v) is 7.53. The summed E-state index contributed by atoms with van der Waals surface area (Å²) < 4.78 is 18.4. The number of benzene rings is 2. The first-order valence-electron chi connectivity index (χ1n) is 7.15. The first kappa shape index (κ1) is 17.7. The van der Waals surface area contributed by atoms with Gasteiger partial charge in [0.25, 0.3) is 5.91 Å². The van der Waals surface area contributed by atoms with Crippen molar-refractivity contribution in [1.82, 2.24) is 0 Å². The fourth-order valence-electron chi connectivity index (χ4n) is 1.90. The molecule has 2 N–H and O–H groups in total. The summed E-state index contributed by atoms with van der Waals surface area (Å²) >= 11 is 5.87. The van der Waals surface area contributed by atoms with Gasteiger partial charge in [0.15, 0.2) is 6.10 Å². The summed E-state index contributed by atoms with van der Waals surface area (Å²) in [4.78, 5) is 23.1. The van der Waals surface area contributed by atoms with Gasteiger partial charge in [0.05, 0.1) is 5.02 Å². The van der Waals surface area contributed by atoms with E-state index < -0.39 is 11.9 Å². The average molecular weight is 351 g/mol. The van der Waals surface area contributed by atoms with E-state index in [-0.39, 0.29) is 22.6 Å². The van der Waals surface area contributed by atoms with Crippen LogP contribution in [0.2, 0.25) is 5.02 Å². The summed E-state index contributed by atoms with van der Waals surface area (Å²) in [7, 11) is 0. The molecule has 126 valence electrons. The average Bonchev–Trinajstić information content (AvgIpc) is 2.51. The van der Waals surface area contributed by atoms with Crippen LogP contribution >= 0.6 is 11.6 Å². The summed E-state index contributed by atoms with van der Waals surface area (Å²) in [5.74, 6) is -0.821. The molecule has 2 aromatic carbocycles. The van der Waals surface area contributed by atoms with Crippen molar-refractivity contribution in [2.24, 2.45) is 0 Å². The number of anilines is 2. The van der Waals surface area contributed by atoms with Gasteiger partial charge in [-0.1, -0.05) is 11.6 Å². The highest BCUT2D eigenvalue weighted by Gasteiger charge is 2.16. The van der Waals surface area contributed by atoms with Crippen LogP contribution in [0.25, 0.3) is 0 Å². The smallest absolute Gasteiger partial charge is 0.265 e. The second-order valence-corrected chi connectivity index (χ2v) is 5.49. The summed E-state index contributed by atoms with van der Waals surface area (Å²) in [6.45, 7) is 2.97. The highest BCUT2D eigenvalue weighted by molar-refractivity contribution is 6.32. The van der Waals surface area contributed by atoms with Crippen molar-refractivity contribution >= 4 is 34.8 Å². The third-order valence-electron chi connectivity index (χ3n) is 3.04. The van der Waals surface area contributed by atoms with E-state index >= 15 is 0 Å². The van der Waals surface area contributed by atoms with Crippen molar-refractivity contribution in [2.45, 2.75) is 20.0 Å². The molecule has 0 aliphatic carbocycles. The molecule has 0 unspecified atom stereocenters. The zero-order chi connectivity index (χ0) is 17.7. The van der Waals surface area contributed by atoms with Crippen LogP contribution in [0.1, 0.15) is 13.8 Å². The Kier molecular flexibility index (Phi) is 5.76. The maximum absolute atomic E-state index is 13.0. The molecule has 2 aromatic rings. The minimum Gasteiger partial charge on any atom is -0.479 e. The van der Waals surface area contributed by atoms with Crippen LogP contribution in [-0.4, -0.2) is 17.9 Å². The Morgan fingerprint density at radius 1 is 1.08 bits per heavy atom. The molecule has 0 aliphatic heterocycles. The lowest BCUT2D eigenvalue weighted by Gasteiger charge is -2.16. The third kappa shape index (κ3) is 4.96. The Labute approximate surface area is 143 Å². The van der Waals surface area contributed by atoms with Crippen molar-refractivity contribution in [3.05, 3.63) is 53.3 Å². The maximum atomic E-state index is 13.0. The number of ether oxygens (including phenoxy) is 1. The molecular weight excluding hydrogens is 335 g/mol. The molecule has 0 radical (unpaired) electrons. The molecule has 2 rings (SSSR count). The van der Waals surface area contributed by atoms with Crippen molar-refractivity contribution in [3.8, 4) is 5.75 Å². The lowest BCUT2D eigenvalue weighted by molar-refractivity contribution is -0.122. The SMILES string of the molecule is CC(=O)Nc1ccc(NC(=O)[C@H](C)Oc2ccc(F)cc2Cl)cc1. The van der Waals surface area contributed by atoms with Gasteiger partial charge in [0.1, 0.15) is 11.6 Å². The van der Waals surface area contributed by atoms with Gasteiger partial charge in [0.2, 0.25) is 5.91 Å². The summed E-state index contributed by atoms with van der Waals surface area (Å²) in [6, 6.07) is 10.3. The van der Waals surface area contributed by atoms with Gasteiger partial charge in [-0.25, -0.2) is 4.39 Å². The monoisotopic (exact) mass is 350 g/mol. The van der Waals surface area contributed by atoms with Gasteiger partial charge in [-0.3, -0.25) is 9.59 Å². The predicted octanol–water partition coefficient (Wildman–Crippen LogP) is 3.84. The van der Waals surface area contributed by atoms with Crippen LogP contribution in [0.3, 0.4) is 0 Å². The fraction of sp³-hybridized carbons (Fsp3) is 0.176. The van der Waals surface area contributed by atoms with E-state index in [1.165, 1.54) is 19.1 Å². The van der Waals surface area contributed by atoms with E-state index in [2.05, 4.69) is 10.6 Å². The van der Waals surface area contributed by atoms with Crippen molar-refractivity contribution in [1.29, 1.82) is 0 Å². The quantitative estimate of drug-likeness (QED) is 0.860. The van der Waals surface area contributed by atoms with Gasteiger partial charge in [0, 0.05) is 18.3 Å². The number of carbonyl (C=O) groups excluding carboxylic acids is 2. The van der Waals surface area contributed by atoms with Gasteiger partial charge in [-0.05, 0) is 49.4 Å². The van der Waals surface area contributed by atoms with Gasteiger partial charge in [-0.15, -0.1) is 0 Å². The van der Waals surface area contributed by atoms with Crippen LogP contribution in [0.5, 0.6) is 5.75 Å². The van der Waals surface area contributed by atoms with E-state index in [1.807, 2.05) is 0 Å². The summed E-state index contributed by atoms with van der Waals surface area (Å²) in [5, 5.41) is 5.40. The molecule has 0 spiro atoms. The minimum absolute atomic E-state index is 0.0920. The van der Waals surface area contributed by atoms with E-state index in [1.54, 1.807) is 31.2 Å². The van der Waals surface area contributed by atoms with E-state index in [0.717, 1.165) is 6.07 Å². The lowest BCUT2D eigenvalue weighted by Crippen LogP contribution is -2.30. The molecule has 0 saturated heterocycles. The minimum atomic E-state index is -0.831. The molecule has 2 amide bonds. The number of hydrogen-bond acceptors (Lipinski definition) is 3. The fourth-order valence-corrected chi connectivity index (χ4v) is 2.11. The zero-order valence-electron chi connectivity index (χ0n) is 13.1. The zero-order valence-corrected chi connectivity index (χ0v) is 13.9. The van der Waals surface area contributed by atoms with E-state index in [9.17, 15) is 14.0 Å². The summed E-state index contributed by atoms with van der Waals surface area (Å²) in [5.41, 5.74) is 1.18. The number of halogens is 2. The molecule has 5 nitrogen and oxygen atoms in total. The Bertz CT molecular complexity index is 750. The largest absolute Gasteiger partial charge is 0.479 e. The Balaban J connectivity index is 1.97. The molecule has 0 aromatic heterocycles. The molecule has 0 saturated carbocycles. The standard InChI is InChI=1S/C17H16ClFN2O3/c1-10(24-16-8-3-12(19)9-15(16)18)17(23)21-14-6-4-13(5-7-14)20-11(2)22/h3-10H,1-2H3,(H,20,22)(H,21,23)/t10-/m0/s1. The normalized spacial score (nSPS) is 11.5.